The molecule has 0 unspecified atom stereocenters. The van der Waals surface area contributed by atoms with Gasteiger partial charge in [-0.15, -0.1) is 0 Å². The number of hydrazone groups is 1. The highest BCUT2D eigenvalue weighted by Gasteiger charge is 2.09. The molecule has 0 aliphatic carbocycles. The zero-order chi connectivity index (χ0) is 13.9. The van der Waals surface area contributed by atoms with Gasteiger partial charge in [-0.3, -0.25) is 0 Å². The molecule has 3 rings (SSSR count). The third-order valence-corrected chi connectivity index (χ3v) is 3.14. The van der Waals surface area contributed by atoms with E-state index < -0.39 is 0 Å². The molecule has 2 N–H and O–H groups in total. The summed E-state index contributed by atoms with van der Waals surface area (Å²) in [5, 5.41) is 5.12. The number of rotatable bonds is 2. The molecule has 1 aromatic heterocycles. The number of aromatic nitrogens is 2. The van der Waals surface area contributed by atoms with E-state index in [-0.39, 0.29) is 0 Å². The largest absolute Gasteiger partial charge is 0.323 e. The summed E-state index contributed by atoms with van der Waals surface area (Å²) in [5.74, 6) is 5.66. The lowest BCUT2D eigenvalue weighted by atomic mass is 10.1. The SMILES string of the molecule is NN=Cc1nc(-c2cccc(Cl)c2)c2ccccc2n1. The van der Waals surface area contributed by atoms with Gasteiger partial charge in [0.2, 0.25) is 0 Å². The lowest BCUT2D eigenvalue weighted by Crippen LogP contribution is -1.99. The van der Waals surface area contributed by atoms with E-state index in [2.05, 4.69) is 15.1 Å². The Morgan fingerprint density at radius 1 is 1.05 bits per heavy atom. The van der Waals surface area contributed by atoms with Crippen LogP contribution in [0.5, 0.6) is 0 Å². The molecule has 0 amide bonds. The van der Waals surface area contributed by atoms with E-state index >= 15 is 0 Å². The highest BCUT2D eigenvalue weighted by molar-refractivity contribution is 6.30. The van der Waals surface area contributed by atoms with Gasteiger partial charge >= 0.3 is 0 Å². The fraction of sp³-hybridized carbons (Fsp3) is 0. The van der Waals surface area contributed by atoms with Crippen LogP contribution in [0, 0.1) is 0 Å². The van der Waals surface area contributed by atoms with Crippen molar-refractivity contribution in [1.82, 2.24) is 9.97 Å². The quantitative estimate of drug-likeness (QED) is 0.446. The summed E-state index contributed by atoms with van der Waals surface area (Å²) in [6, 6.07) is 15.4. The van der Waals surface area contributed by atoms with Crippen LogP contribution in [0.1, 0.15) is 5.82 Å². The standard InChI is InChI=1S/C15H11ClN4/c16-11-5-3-4-10(8-11)15-12-6-1-2-7-13(12)19-14(20-15)9-18-17/h1-9H,17H2. The molecule has 3 aromatic rings. The first-order chi connectivity index (χ1) is 9.78. The summed E-state index contributed by atoms with van der Waals surface area (Å²) in [6.45, 7) is 0. The second-order valence-electron chi connectivity index (χ2n) is 4.24. The maximum absolute atomic E-state index is 6.06. The van der Waals surface area contributed by atoms with Crippen molar-refractivity contribution >= 4 is 28.7 Å². The van der Waals surface area contributed by atoms with Crippen molar-refractivity contribution in [3.8, 4) is 11.3 Å². The topological polar surface area (TPSA) is 64.2 Å². The molecule has 20 heavy (non-hydrogen) atoms. The highest BCUT2D eigenvalue weighted by Crippen LogP contribution is 2.27. The first-order valence-corrected chi connectivity index (χ1v) is 6.42. The minimum Gasteiger partial charge on any atom is -0.323 e. The molecule has 1 heterocycles. The number of nitrogens with zero attached hydrogens (tertiary/aromatic N) is 3. The van der Waals surface area contributed by atoms with Crippen molar-refractivity contribution in [2.45, 2.75) is 0 Å². The van der Waals surface area contributed by atoms with Crippen LogP contribution < -0.4 is 5.84 Å². The Hall–Kier alpha value is -2.46. The average molecular weight is 283 g/mol. The molecule has 0 spiro atoms. The average Bonchev–Trinajstić information content (AvgIpc) is 2.47. The van der Waals surface area contributed by atoms with Crippen LogP contribution in [-0.4, -0.2) is 16.2 Å². The first-order valence-electron chi connectivity index (χ1n) is 6.04. The third-order valence-electron chi connectivity index (χ3n) is 2.91. The summed E-state index contributed by atoms with van der Waals surface area (Å²) in [6.07, 6.45) is 1.43. The Morgan fingerprint density at radius 3 is 2.70 bits per heavy atom. The lowest BCUT2D eigenvalue weighted by molar-refractivity contribution is 1.17. The second kappa shape index (κ2) is 5.27. The molecule has 98 valence electrons. The normalized spacial score (nSPS) is 11.2. The molecule has 2 aromatic carbocycles. The molecule has 0 atom stereocenters. The molecule has 0 aliphatic heterocycles. The monoisotopic (exact) mass is 282 g/mol. The fourth-order valence-corrected chi connectivity index (χ4v) is 2.27. The van der Waals surface area contributed by atoms with Gasteiger partial charge in [-0.05, 0) is 18.2 Å². The van der Waals surface area contributed by atoms with Gasteiger partial charge < -0.3 is 5.84 Å². The molecule has 5 heteroatoms. The number of nitrogens with two attached hydrogens (primary N) is 1. The van der Waals surface area contributed by atoms with E-state index in [0.717, 1.165) is 22.2 Å². The molecule has 0 bridgehead atoms. The Bertz CT molecular complexity index is 799. The van der Waals surface area contributed by atoms with Gasteiger partial charge in [-0.25, -0.2) is 9.97 Å². The summed E-state index contributed by atoms with van der Waals surface area (Å²) in [4.78, 5) is 8.90. The number of hydrogen-bond donors (Lipinski definition) is 1. The predicted octanol–water partition coefficient (Wildman–Crippen LogP) is 3.24. The number of halogens is 1. The lowest BCUT2D eigenvalue weighted by Gasteiger charge is -2.07. The van der Waals surface area contributed by atoms with Crippen LogP contribution in [0.15, 0.2) is 53.6 Å². The van der Waals surface area contributed by atoms with Gasteiger partial charge in [-0.1, -0.05) is 41.9 Å². The second-order valence-corrected chi connectivity index (χ2v) is 4.67. The Labute approximate surface area is 120 Å². The van der Waals surface area contributed by atoms with E-state index in [0.29, 0.717) is 10.8 Å². The molecule has 4 nitrogen and oxygen atoms in total. The van der Waals surface area contributed by atoms with Gasteiger partial charge in [0, 0.05) is 16.0 Å². The van der Waals surface area contributed by atoms with E-state index in [1.54, 1.807) is 0 Å². The van der Waals surface area contributed by atoms with E-state index in [9.17, 15) is 0 Å². The van der Waals surface area contributed by atoms with Gasteiger partial charge in [0.15, 0.2) is 5.82 Å². The number of para-hydroxylation sites is 1. The summed E-state index contributed by atoms with van der Waals surface area (Å²) in [5.41, 5.74) is 2.59. The maximum Gasteiger partial charge on any atom is 0.173 e. The highest BCUT2D eigenvalue weighted by atomic mass is 35.5. The summed E-state index contributed by atoms with van der Waals surface area (Å²) in [7, 11) is 0. The van der Waals surface area contributed by atoms with E-state index in [4.69, 9.17) is 17.4 Å². The molecule has 0 radical (unpaired) electrons. The van der Waals surface area contributed by atoms with Crippen LogP contribution in [0.3, 0.4) is 0 Å². The number of fused-ring (bicyclic) bond motifs is 1. The fourth-order valence-electron chi connectivity index (χ4n) is 2.07. The van der Waals surface area contributed by atoms with Gasteiger partial charge in [0.05, 0.1) is 17.4 Å². The van der Waals surface area contributed by atoms with Crippen molar-refractivity contribution in [1.29, 1.82) is 0 Å². The Kier molecular flexibility index (Phi) is 3.31. The zero-order valence-electron chi connectivity index (χ0n) is 10.5. The van der Waals surface area contributed by atoms with Crippen LogP contribution in [0.2, 0.25) is 5.02 Å². The molecular formula is C15H11ClN4. The van der Waals surface area contributed by atoms with Gasteiger partial charge in [0.1, 0.15) is 0 Å². The Balaban J connectivity index is 2.32. The minimum absolute atomic E-state index is 0.473. The van der Waals surface area contributed by atoms with Crippen LogP contribution in [0.4, 0.5) is 0 Å². The zero-order valence-corrected chi connectivity index (χ0v) is 11.2. The molecule has 0 saturated carbocycles. The van der Waals surface area contributed by atoms with Crippen molar-refractivity contribution in [2.75, 3.05) is 0 Å². The van der Waals surface area contributed by atoms with Crippen molar-refractivity contribution in [3.05, 3.63) is 59.4 Å². The summed E-state index contributed by atoms with van der Waals surface area (Å²) < 4.78 is 0. The predicted molar refractivity (Wildman–Crippen MR) is 81.8 cm³/mol. The van der Waals surface area contributed by atoms with E-state index in [1.165, 1.54) is 6.21 Å². The van der Waals surface area contributed by atoms with Gasteiger partial charge in [0.25, 0.3) is 0 Å². The third kappa shape index (κ3) is 2.33. The molecular weight excluding hydrogens is 272 g/mol. The summed E-state index contributed by atoms with van der Waals surface area (Å²) >= 11 is 6.06. The van der Waals surface area contributed by atoms with Crippen molar-refractivity contribution in [3.63, 3.8) is 0 Å². The van der Waals surface area contributed by atoms with Crippen LogP contribution in [0.25, 0.3) is 22.2 Å². The molecule has 0 fully saturated rings. The molecule has 0 aliphatic rings. The molecule has 0 saturated heterocycles. The van der Waals surface area contributed by atoms with Crippen LogP contribution in [-0.2, 0) is 0 Å². The smallest absolute Gasteiger partial charge is 0.173 e. The van der Waals surface area contributed by atoms with Gasteiger partial charge in [-0.2, -0.15) is 5.10 Å². The van der Waals surface area contributed by atoms with Crippen LogP contribution >= 0.6 is 11.6 Å². The number of benzene rings is 2. The minimum atomic E-state index is 0.473. The first kappa shape index (κ1) is 12.6. The van der Waals surface area contributed by atoms with Crippen molar-refractivity contribution in [2.24, 2.45) is 10.9 Å². The van der Waals surface area contributed by atoms with E-state index in [1.807, 2.05) is 48.5 Å². The number of hydrogen-bond acceptors (Lipinski definition) is 4. The maximum atomic E-state index is 6.06. The Morgan fingerprint density at radius 2 is 1.90 bits per heavy atom. The van der Waals surface area contributed by atoms with Crippen molar-refractivity contribution < 1.29 is 0 Å².